The zero-order chi connectivity index (χ0) is 13.1. The van der Waals surface area contributed by atoms with Crippen molar-refractivity contribution in [3.8, 4) is 0 Å². The standard InChI is InChI=1S/C12H22N2O3/c1-4-9-17-12(16)14-8-6-5-7-11(13-3)10(2)15/h4,11,13H,1,5-9H2,2-3H3,(H,14,16). The summed E-state index contributed by atoms with van der Waals surface area (Å²) in [7, 11) is 1.77. The number of hydrogen-bond donors (Lipinski definition) is 2. The lowest BCUT2D eigenvalue weighted by Gasteiger charge is -2.12. The molecule has 0 aliphatic rings. The number of rotatable bonds is 9. The van der Waals surface area contributed by atoms with Crippen molar-refractivity contribution in [3.05, 3.63) is 12.7 Å². The van der Waals surface area contributed by atoms with Gasteiger partial charge in [0, 0.05) is 6.54 Å². The molecule has 17 heavy (non-hydrogen) atoms. The third-order valence-corrected chi connectivity index (χ3v) is 2.36. The van der Waals surface area contributed by atoms with Crippen molar-refractivity contribution < 1.29 is 14.3 Å². The number of unbranched alkanes of at least 4 members (excludes halogenated alkanes) is 1. The summed E-state index contributed by atoms with van der Waals surface area (Å²) in [4.78, 5) is 22.1. The van der Waals surface area contributed by atoms with Crippen LogP contribution in [0.4, 0.5) is 4.79 Å². The van der Waals surface area contributed by atoms with Gasteiger partial charge in [0.1, 0.15) is 12.4 Å². The van der Waals surface area contributed by atoms with Gasteiger partial charge in [-0.15, -0.1) is 0 Å². The van der Waals surface area contributed by atoms with Crippen molar-refractivity contribution in [1.29, 1.82) is 0 Å². The van der Waals surface area contributed by atoms with E-state index in [0.29, 0.717) is 6.54 Å². The maximum absolute atomic E-state index is 11.1. The van der Waals surface area contributed by atoms with Gasteiger partial charge in [-0.1, -0.05) is 12.7 Å². The smallest absolute Gasteiger partial charge is 0.407 e. The highest BCUT2D eigenvalue weighted by Crippen LogP contribution is 2.01. The highest BCUT2D eigenvalue weighted by Gasteiger charge is 2.10. The van der Waals surface area contributed by atoms with Crippen LogP contribution in [-0.2, 0) is 9.53 Å². The number of ether oxygens (including phenoxy) is 1. The number of carbonyl (C=O) groups excluding carboxylic acids is 2. The molecule has 5 heteroatoms. The zero-order valence-electron chi connectivity index (χ0n) is 10.6. The lowest BCUT2D eigenvalue weighted by molar-refractivity contribution is -0.119. The molecule has 5 nitrogen and oxygen atoms in total. The molecule has 0 heterocycles. The second-order valence-electron chi connectivity index (χ2n) is 3.76. The third kappa shape index (κ3) is 8.45. The Morgan fingerprint density at radius 2 is 2.12 bits per heavy atom. The summed E-state index contributed by atoms with van der Waals surface area (Å²) in [6.07, 6.45) is 3.59. The molecule has 0 saturated heterocycles. The quantitative estimate of drug-likeness (QED) is 0.471. The van der Waals surface area contributed by atoms with E-state index in [-0.39, 0.29) is 18.4 Å². The van der Waals surface area contributed by atoms with E-state index < -0.39 is 6.09 Å². The fourth-order valence-corrected chi connectivity index (χ4v) is 1.40. The largest absolute Gasteiger partial charge is 0.445 e. The zero-order valence-corrected chi connectivity index (χ0v) is 10.6. The van der Waals surface area contributed by atoms with Gasteiger partial charge in [-0.05, 0) is 33.2 Å². The number of alkyl carbamates (subject to hydrolysis) is 1. The second-order valence-corrected chi connectivity index (χ2v) is 3.76. The maximum Gasteiger partial charge on any atom is 0.407 e. The number of amides is 1. The van der Waals surface area contributed by atoms with E-state index in [0.717, 1.165) is 19.3 Å². The van der Waals surface area contributed by atoms with Crippen LogP contribution < -0.4 is 10.6 Å². The summed E-state index contributed by atoms with van der Waals surface area (Å²) in [5, 5.41) is 5.58. The Bertz CT molecular complexity index is 254. The van der Waals surface area contributed by atoms with Gasteiger partial charge in [-0.2, -0.15) is 0 Å². The average molecular weight is 242 g/mol. The predicted octanol–water partition coefficient (Wildman–Crippen LogP) is 1.25. The molecule has 0 fully saturated rings. The van der Waals surface area contributed by atoms with E-state index in [4.69, 9.17) is 4.74 Å². The Balaban J connectivity index is 3.48. The minimum Gasteiger partial charge on any atom is -0.445 e. The van der Waals surface area contributed by atoms with Crippen molar-refractivity contribution in [1.82, 2.24) is 10.6 Å². The molecule has 0 rings (SSSR count). The maximum atomic E-state index is 11.1. The molecule has 0 aromatic carbocycles. The van der Waals surface area contributed by atoms with E-state index in [1.54, 1.807) is 14.0 Å². The van der Waals surface area contributed by atoms with E-state index in [1.165, 1.54) is 6.08 Å². The molecule has 0 spiro atoms. The Kier molecular flexibility index (Phi) is 9.05. The lowest BCUT2D eigenvalue weighted by Crippen LogP contribution is -2.32. The third-order valence-electron chi connectivity index (χ3n) is 2.36. The average Bonchev–Trinajstić information content (AvgIpc) is 2.30. The van der Waals surface area contributed by atoms with Crippen LogP contribution in [0.2, 0.25) is 0 Å². The van der Waals surface area contributed by atoms with Crippen LogP contribution in [-0.4, -0.2) is 38.1 Å². The van der Waals surface area contributed by atoms with Crippen LogP contribution in [0.1, 0.15) is 26.2 Å². The Labute approximate surface area is 103 Å². The normalized spacial score (nSPS) is 11.6. The van der Waals surface area contributed by atoms with Crippen molar-refractivity contribution >= 4 is 11.9 Å². The van der Waals surface area contributed by atoms with Gasteiger partial charge in [-0.25, -0.2) is 4.79 Å². The van der Waals surface area contributed by atoms with Crippen molar-refractivity contribution in [2.45, 2.75) is 32.2 Å². The first-order valence-electron chi connectivity index (χ1n) is 5.81. The summed E-state index contributed by atoms with van der Waals surface area (Å²) >= 11 is 0. The van der Waals surface area contributed by atoms with Gasteiger partial charge in [0.2, 0.25) is 0 Å². The van der Waals surface area contributed by atoms with E-state index in [2.05, 4.69) is 17.2 Å². The van der Waals surface area contributed by atoms with Crippen LogP contribution in [0.5, 0.6) is 0 Å². The predicted molar refractivity (Wildman–Crippen MR) is 66.9 cm³/mol. The van der Waals surface area contributed by atoms with Gasteiger partial charge in [0.25, 0.3) is 0 Å². The van der Waals surface area contributed by atoms with Crippen LogP contribution in [0.25, 0.3) is 0 Å². The first-order valence-corrected chi connectivity index (χ1v) is 5.81. The molecule has 0 aliphatic heterocycles. The topological polar surface area (TPSA) is 67.4 Å². The molecule has 1 atom stereocenters. The monoisotopic (exact) mass is 242 g/mol. The van der Waals surface area contributed by atoms with Crippen LogP contribution in [0.3, 0.4) is 0 Å². The lowest BCUT2D eigenvalue weighted by atomic mass is 10.1. The van der Waals surface area contributed by atoms with Crippen molar-refractivity contribution in [3.63, 3.8) is 0 Å². The Morgan fingerprint density at radius 3 is 2.65 bits per heavy atom. The Morgan fingerprint density at radius 1 is 1.41 bits per heavy atom. The van der Waals surface area contributed by atoms with Crippen LogP contribution >= 0.6 is 0 Å². The molecule has 0 aromatic rings. The molecule has 0 bridgehead atoms. The molecule has 98 valence electrons. The molecular formula is C12H22N2O3. The van der Waals surface area contributed by atoms with E-state index in [9.17, 15) is 9.59 Å². The summed E-state index contributed by atoms with van der Waals surface area (Å²) in [6.45, 7) is 5.80. The fourth-order valence-electron chi connectivity index (χ4n) is 1.40. The molecule has 1 amide bonds. The van der Waals surface area contributed by atoms with Crippen molar-refractivity contribution in [2.24, 2.45) is 0 Å². The molecule has 0 aromatic heterocycles. The van der Waals surface area contributed by atoms with Gasteiger partial charge in [0.05, 0.1) is 6.04 Å². The number of carbonyl (C=O) groups is 2. The van der Waals surface area contributed by atoms with Crippen LogP contribution in [0, 0.1) is 0 Å². The summed E-state index contributed by atoms with van der Waals surface area (Å²) < 4.78 is 4.74. The SMILES string of the molecule is C=CCOC(=O)NCCCCC(NC)C(C)=O. The van der Waals surface area contributed by atoms with E-state index >= 15 is 0 Å². The second kappa shape index (κ2) is 9.84. The molecule has 2 N–H and O–H groups in total. The fraction of sp³-hybridized carbons (Fsp3) is 0.667. The summed E-state index contributed by atoms with van der Waals surface area (Å²) in [6, 6.07) is -0.0808. The number of nitrogens with one attached hydrogen (secondary N) is 2. The first kappa shape index (κ1) is 15.6. The summed E-state index contributed by atoms with van der Waals surface area (Å²) in [5.74, 6) is 0.144. The molecule has 1 unspecified atom stereocenters. The highest BCUT2D eigenvalue weighted by molar-refractivity contribution is 5.81. The Hall–Kier alpha value is -1.36. The molecular weight excluding hydrogens is 220 g/mol. The van der Waals surface area contributed by atoms with Crippen molar-refractivity contribution in [2.75, 3.05) is 20.2 Å². The minimum atomic E-state index is -0.429. The summed E-state index contributed by atoms with van der Waals surface area (Å²) in [5.41, 5.74) is 0. The number of likely N-dealkylation sites (N-methyl/N-ethyl adjacent to an activating group) is 1. The van der Waals surface area contributed by atoms with E-state index in [1.807, 2.05) is 0 Å². The first-order chi connectivity index (χ1) is 8.11. The number of Topliss-reactive ketones (excluding diaryl/α,β-unsaturated/α-hetero) is 1. The van der Waals surface area contributed by atoms with Gasteiger partial charge < -0.3 is 15.4 Å². The minimum absolute atomic E-state index is 0.0808. The number of ketones is 1. The van der Waals surface area contributed by atoms with Gasteiger partial charge in [-0.3, -0.25) is 4.79 Å². The van der Waals surface area contributed by atoms with Crippen LogP contribution in [0.15, 0.2) is 12.7 Å². The molecule has 0 radical (unpaired) electrons. The highest BCUT2D eigenvalue weighted by atomic mass is 16.5. The number of hydrogen-bond acceptors (Lipinski definition) is 4. The molecule has 0 aliphatic carbocycles. The van der Waals surface area contributed by atoms with Gasteiger partial charge >= 0.3 is 6.09 Å². The molecule has 0 saturated carbocycles. The van der Waals surface area contributed by atoms with Gasteiger partial charge in [0.15, 0.2) is 0 Å².